The maximum atomic E-state index is 9.78. The van der Waals surface area contributed by atoms with Gasteiger partial charge in [0.1, 0.15) is 0 Å². The highest BCUT2D eigenvalue weighted by molar-refractivity contribution is 4.79. The van der Waals surface area contributed by atoms with E-state index in [1.54, 1.807) is 0 Å². The zero-order chi connectivity index (χ0) is 10.7. The summed E-state index contributed by atoms with van der Waals surface area (Å²) in [6.07, 6.45) is 7.74. The molecule has 2 saturated carbocycles. The minimum atomic E-state index is -0.259. The number of hydrogen-bond acceptors (Lipinski definition) is 3. The maximum absolute atomic E-state index is 9.78. The van der Waals surface area contributed by atoms with Crippen LogP contribution in [0.3, 0.4) is 0 Å². The molecule has 0 heterocycles. The smallest absolute Gasteiger partial charge is 0.0837 e. The monoisotopic (exact) mass is 214 g/mol. The summed E-state index contributed by atoms with van der Waals surface area (Å²) in [5.41, 5.74) is 0. The van der Waals surface area contributed by atoms with E-state index in [0.29, 0.717) is 0 Å². The number of hydrogen-bond donors (Lipinski definition) is 2. The quantitative estimate of drug-likeness (QED) is 0.734. The fourth-order valence-electron chi connectivity index (χ4n) is 2.66. The third kappa shape index (κ3) is 3.16. The van der Waals surface area contributed by atoms with E-state index in [-0.39, 0.29) is 24.4 Å². The Hall–Kier alpha value is -0.120. The lowest BCUT2D eigenvalue weighted by Crippen LogP contribution is -2.37. The van der Waals surface area contributed by atoms with Crippen molar-refractivity contribution in [2.45, 2.75) is 75.8 Å². The predicted molar refractivity (Wildman–Crippen MR) is 57.6 cm³/mol. The van der Waals surface area contributed by atoms with Gasteiger partial charge in [-0.05, 0) is 38.5 Å². The van der Waals surface area contributed by atoms with E-state index in [2.05, 4.69) is 0 Å². The average Bonchev–Trinajstić information content (AvgIpc) is 2.25. The van der Waals surface area contributed by atoms with Crippen LogP contribution in [-0.4, -0.2) is 34.6 Å². The molecule has 88 valence electrons. The molecule has 0 amide bonds. The molecule has 0 spiro atoms. The Morgan fingerprint density at radius 2 is 1.47 bits per heavy atom. The van der Waals surface area contributed by atoms with Gasteiger partial charge in [0, 0.05) is 0 Å². The van der Waals surface area contributed by atoms with Gasteiger partial charge in [0.15, 0.2) is 0 Å². The van der Waals surface area contributed by atoms with Crippen LogP contribution >= 0.6 is 0 Å². The molecule has 15 heavy (non-hydrogen) atoms. The average molecular weight is 214 g/mol. The van der Waals surface area contributed by atoms with Crippen LogP contribution < -0.4 is 0 Å². The minimum Gasteiger partial charge on any atom is -0.393 e. The van der Waals surface area contributed by atoms with E-state index in [0.717, 1.165) is 44.9 Å². The van der Waals surface area contributed by atoms with Crippen molar-refractivity contribution in [1.82, 2.24) is 0 Å². The molecule has 0 aliphatic heterocycles. The Kier molecular flexibility index (Phi) is 4.00. The van der Waals surface area contributed by atoms with Crippen molar-refractivity contribution in [2.75, 3.05) is 0 Å². The summed E-state index contributed by atoms with van der Waals surface area (Å²) < 4.78 is 5.93. The molecule has 0 saturated heterocycles. The molecule has 2 aliphatic carbocycles. The Morgan fingerprint density at radius 3 is 2.13 bits per heavy atom. The number of rotatable bonds is 2. The van der Waals surface area contributed by atoms with Crippen molar-refractivity contribution in [3.8, 4) is 0 Å². The van der Waals surface area contributed by atoms with E-state index >= 15 is 0 Å². The topological polar surface area (TPSA) is 49.7 Å². The Balaban J connectivity index is 1.75. The van der Waals surface area contributed by atoms with Crippen LogP contribution in [0.5, 0.6) is 0 Å². The molecule has 0 radical (unpaired) electrons. The molecule has 2 fully saturated rings. The first-order valence-corrected chi connectivity index (χ1v) is 6.27. The molecular weight excluding hydrogens is 192 g/mol. The molecule has 0 aromatic rings. The summed E-state index contributed by atoms with van der Waals surface area (Å²) in [6, 6.07) is 0. The highest BCUT2D eigenvalue weighted by Crippen LogP contribution is 2.27. The van der Waals surface area contributed by atoms with Crippen LogP contribution in [0.25, 0.3) is 0 Å². The molecule has 2 aliphatic rings. The predicted octanol–water partition coefficient (Wildman–Crippen LogP) is 1.61. The van der Waals surface area contributed by atoms with Crippen LogP contribution in [0, 0.1) is 0 Å². The molecule has 0 aromatic carbocycles. The number of aliphatic hydroxyl groups is 2. The van der Waals surface area contributed by atoms with Crippen molar-refractivity contribution in [3.63, 3.8) is 0 Å². The number of ether oxygens (including phenoxy) is 1. The molecule has 3 nitrogen and oxygen atoms in total. The van der Waals surface area contributed by atoms with Gasteiger partial charge in [0.25, 0.3) is 0 Å². The van der Waals surface area contributed by atoms with Gasteiger partial charge in [-0.3, -0.25) is 0 Å². The molecular formula is C12H22O3. The van der Waals surface area contributed by atoms with E-state index in [9.17, 15) is 10.2 Å². The first kappa shape index (κ1) is 11.4. The van der Waals surface area contributed by atoms with E-state index in [1.165, 1.54) is 6.42 Å². The summed E-state index contributed by atoms with van der Waals surface area (Å²) >= 11 is 0. The minimum absolute atomic E-state index is 0.0546. The van der Waals surface area contributed by atoms with Gasteiger partial charge in [0.05, 0.1) is 24.4 Å². The summed E-state index contributed by atoms with van der Waals surface area (Å²) in [5, 5.41) is 19.2. The van der Waals surface area contributed by atoms with Gasteiger partial charge >= 0.3 is 0 Å². The zero-order valence-electron chi connectivity index (χ0n) is 9.27. The largest absolute Gasteiger partial charge is 0.393 e. The van der Waals surface area contributed by atoms with Crippen molar-refractivity contribution in [1.29, 1.82) is 0 Å². The summed E-state index contributed by atoms with van der Waals surface area (Å²) in [4.78, 5) is 0. The lowest BCUT2D eigenvalue weighted by Gasteiger charge is -2.34. The zero-order valence-corrected chi connectivity index (χ0v) is 9.27. The van der Waals surface area contributed by atoms with Crippen molar-refractivity contribution >= 4 is 0 Å². The van der Waals surface area contributed by atoms with Crippen LogP contribution in [0.4, 0.5) is 0 Å². The molecule has 0 bridgehead atoms. The van der Waals surface area contributed by atoms with Crippen molar-refractivity contribution in [3.05, 3.63) is 0 Å². The fraction of sp³-hybridized carbons (Fsp3) is 1.00. The molecule has 3 heteroatoms. The van der Waals surface area contributed by atoms with Crippen LogP contribution in [0.1, 0.15) is 51.4 Å². The Labute approximate surface area is 91.4 Å². The summed E-state index contributed by atoms with van der Waals surface area (Å²) in [6.45, 7) is 0. The summed E-state index contributed by atoms with van der Waals surface area (Å²) in [7, 11) is 0. The van der Waals surface area contributed by atoms with Gasteiger partial charge < -0.3 is 14.9 Å². The molecule has 2 atom stereocenters. The fourth-order valence-corrected chi connectivity index (χ4v) is 2.66. The highest BCUT2D eigenvalue weighted by atomic mass is 16.5. The van der Waals surface area contributed by atoms with E-state index in [4.69, 9.17) is 4.74 Å². The Morgan fingerprint density at radius 1 is 0.800 bits per heavy atom. The van der Waals surface area contributed by atoms with Gasteiger partial charge in [-0.15, -0.1) is 0 Å². The molecule has 2 N–H and O–H groups in total. The second-order valence-corrected chi connectivity index (χ2v) is 4.96. The van der Waals surface area contributed by atoms with Crippen molar-refractivity contribution < 1.29 is 14.9 Å². The van der Waals surface area contributed by atoms with Gasteiger partial charge in [-0.1, -0.05) is 12.8 Å². The third-order valence-electron chi connectivity index (χ3n) is 3.68. The molecule has 0 aromatic heterocycles. The second kappa shape index (κ2) is 5.28. The molecule has 2 rings (SSSR count). The third-order valence-corrected chi connectivity index (χ3v) is 3.68. The Bertz CT molecular complexity index is 187. The highest BCUT2D eigenvalue weighted by Gasteiger charge is 2.28. The standard InChI is InChI=1S/C12H22O3/c13-9-5-7-10(8-6-9)15-12-4-2-1-3-11(12)14/h9-14H,1-8H2. The first-order chi connectivity index (χ1) is 7.25. The SMILES string of the molecule is OC1CCC(OC2CCCCC2O)CC1. The van der Waals surface area contributed by atoms with Crippen LogP contribution in [0.2, 0.25) is 0 Å². The van der Waals surface area contributed by atoms with Gasteiger partial charge in [-0.2, -0.15) is 0 Å². The van der Waals surface area contributed by atoms with E-state index < -0.39 is 0 Å². The number of aliphatic hydroxyl groups excluding tert-OH is 2. The van der Waals surface area contributed by atoms with Gasteiger partial charge in [0.2, 0.25) is 0 Å². The van der Waals surface area contributed by atoms with Gasteiger partial charge in [-0.25, -0.2) is 0 Å². The normalized spacial score (nSPS) is 42.8. The van der Waals surface area contributed by atoms with Crippen molar-refractivity contribution in [2.24, 2.45) is 0 Å². The lowest BCUT2D eigenvalue weighted by atomic mass is 9.92. The van der Waals surface area contributed by atoms with Crippen LogP contribution in [0.15, 0.2) is 0 Å². The summed E-state index contributed by atoms with van der Waals surface area (Å²) in [5.74, 6) is 0. The lowest BCUT2D eigenvalue weighted by molar-refractivity contribution is -0.110. The van der Waals surface area contributed by atoms with Crippen LogP contribution in [-0.2, 0) is 4.74 Å². The maximum Gasteiger partial charge on any atom is 0.0837 e. The first-order valence-electron chi connectivity index (χ1n) is 6.27. The molecule has 2 unspecified atom stereocenters. The second-order valence-electron chi connectivity index (χ2n) is 4.96. The van der Waals surface area contributed by atoms with E-state index in [1.807, 2.05) is 0 Å².